The van der Waals surface area contributed by atoms with Gasteiger partial charge in [-0.25, -0.2) is 0 Å². The lowest BCUT2D eigenvalue weighted by Gasteiger charge is -1.96. The third-order valence-electron chi connectivity index (χ3n) is 2.56. The summed E-state index contributed by atoms with van der Waals surface area (Å²) in [6.45, 7) is 4.01. The van der Waals surface area contributed by atoms with Crippen LogP contribution in [0, 0.1) is 0 Å². The molecule has 1 aromatic rings. The zero-order valence-electron chi connectivity index (χ0n) is 10.6. The van der Waals surface area contributed by atoms with Crippen LogP contribution in [-0.4, -0.2) is 5.78 Å². The molecule has 0 aliphatic heterocycles. The van der Waals surface area contributed by atoms with Crippen LogP contribution in [0.15, 0.2) is 48.1 Å². The molecular weight excluding hydrogens is 208 g/mol. The van der Waals surface area contributed by atoms with E-state index in [1.807, 2.05) is 49.4 Å². The van der Waals surface area contributed by atoms with Gasteiger partial charge in [0.15, 0.2) is 5.78 Å². The third kappa shape index (κ3) is 5.30. The van der Waals surface area contributed by atoms with Gasteiger partial charge < -0.3 is 0 Å². The molecule has 90 valence electrons. The molecule has 0 spiro atoms. The van der Waals surface area contributed by atoms with Crippen LogP contribution in [-0.2, 0) is 4.79 Å². The van der Waals surface area contributed by atoms with Crippen molar-refractivity contribution in [3.8, 4) is 0 Å². The van der Waals surface area contributed by atoms with Crippen LogP contribution >= 0.6 is 0 Å². The van der Waals surface area contributed by atoms with Gasteiger partial charge in [-0.15, -0.1) is 0 Å². The topological polar surface area (TPSA) is 17.1 Å². The number of allylic oxidation sites excluding steroid dienone is 3. The molecule has 0 saturated heterocycles. The standard InChI is InChI=1S/C16H20O/c1-3-4-5-9-12-16(17)14(2)13-15-10-7-6-8-11-15/h6-13H,3-5H2,1-2H3/b12-9+,14-13+. The van der Waals surface area contributed by atoms with Gasteiger partial charge in [-0.05, 0) is 36.6 Å². The Hall–Kier alpha value is -1.63. The Bertz CT molecular complexity index is 399. The van der Waals surface area contributed by atoms with E-state index in [0.29, 0.717) is 0 Å². The number of ketones is 1. The maximum atomic E-state index is 11.8. The average molecular weight is 228 g/mol. The first-order valence-electron chi connectivity index (χ1n) is 6.18. The summed E-state index contributed by atoms with van der Waals surface area (Å²) in [4.78, 5) is 11.8. The van der Waals surface area contributed by atoms with Crippen molar-refractivity contribution in [1.82, 2.24) is 0 Å². The third-order valence-corrected chi connectivity index (χ3v) is 2.56. The molecule has 0 amide bonds. The molecule has 0 aliphatic carbocycles. The first-order chi connectivity index (χ1) is 8.24. The van der Waals surface area contributed by atoms with Crippen molar-refractivity contribution in [3.63, 3.8) is 0 Å². The number of rotatable bonds is 6. The van der Waals surface area contributed by atoms with Crippen molar-refractivity contribution in [1.29, 1.82) is 0 Å². The predicted octanol–water partition coefficient (Wildman–Crippen LogP) is 4.41. The van der Waals surface area contributed by atoms with Crippen LogP contribution < -0.4 is 0 Å². The van der Waals surface area contributed by atoms with E-state index >= 15 is 0 Å². The van der Waals surface area contributed by atoms with Gasteiger partial charge >= 0.3 is 0 Å². The molecule has 0 N–H and O–H groups in total. The Labute approximate surface area is 104 Å². The van der Waals surface area contributed by atoms with Crippen molar-refractivity contribution in [3.05, 3.63) is 53.6 Å². The molecule has 1 heteroatoms. The van der Waals surface area contributed by atoms with Crippen molar-refractivity contribution in [2.75, 3.05) is 0 Å². The van der Waals surface area contributed by atoms with Crippen LogP contribution in [0.3, 0.4) is 0 Å². The molecule has 0 bridgehead atoms. The Morgan fingerprint density at radius 2 is 1.94 bits per heavy atom. The van der Waals surface area contributed by atoms with Crippen LogP contribution in [0.1, 0.15) is 38.7 Å². The highest BCUT2D eigenvalue weighted by Crippen LogP contribution is 2.07. The Kier molecular flexibility index (Phi) is 6.02. The molecule has 0 atom stereocenters. The van der Waals surface area contributed by atoms with Crippen LogP contribution in [0.2, 0.25) is 0 Å². The minimum Gasteiger partial charge on any atom is -0.290 e. The minimum atomic E-state index is 0.102. The average Bonchev–Trinajstić information content (AvgIpc) is 2.35. The first kappa shape index (κ1) is 13.4. The van der Waals surface area contributed by atoms with Gasteiger partial charge in [0.2, 0.25) is 0 Å². The summed E-state index contributed by atoms with van der Waals surface area (Å²) in [7, 11) is 0. The quantitative estimate of drug-likeness (QED) is 0.521. The lowest BCUT2D eigenvalue weighted by Crippen LogP contribution is -1.93. The molecular formula is C16H20O. The van der Waals surface area contributed by atoms with Crippen molar-refractivity contribution < 1.29 is 4.79 Å². The number of carbonyl (C=O) groups excluding carboxylic acids is 1. The summed E-state index contributed by atoms with van der Waals surface area (Å²) in [5.41, 5.74) is 1.85. The van der Waals surface area contributed by atoms with Crippen molar-refractivity contribution in [2.45, 2.75) is 33.1 Å². The number of benzene rings is 1. The van der Waals surface area contributed by atoms with Crippen LogP contribution in [0.25, 0.3) is 6.08 Å². The molecule has 0 fully saturated rings. The van der Waals surface area contributed by atoms with Gasteiger partial charge in [-0.1, -0.05) is 56.2 Å². The van der Waals surface area contributed by atoms with E-state index in [-0.39, 0.29) is 5.78 Å². The normalized spacial score (nSPS) is 12.0. The Morgan fingerprint density at radius 3 is 2.59 bits per heavy atom. The summed E-state index contributed by atoms with van der Waals surface area (Å²) >= 11 is 0. The molecule has 0 heterocycles. The lowest BCUT2D eigenvalue weighted by atomic mass is 10.1. The van der Waals surface area contributed by atoms with Gasteiger partial charge in [-0.3, -0.25) is 4.79 Å². The summed E-state index contributed by atoms with van der Waals surface area (Å²) < 4.78 is 0. The predicted molar refractivity (Wildman–Crippen MR) is 73.8 cm³/mol. The highest BCUT2D eigenvalue weighted by Gasteiger charge is 1.99. The summed E-state index contributed by atoms with van der Waals surface area (Å²) in [6, 6.07) is 9.91. The zero-order chi connectivity index (χ0) is 12.5. The monoisotopic (exact) mass is 228 g/mol. The van der Waals surface area contributed by atoms with Gasteiger partial charge in [-0.2, -0.15) is 0 Å². The second-order valence-electron chi connectivity index (χ2n) is 4.15. The highest BCUT2D eigenvalue weighted by atomic mass is 16.1. The number of unbranched alkanes of at least 4 members (excludes halogenated alkanes) is 2. The van der Waals surface area contributed by atoms with Crippen molar-refractivity contribution in [2.24, 2.45) is 0 Å². The molecule has 0 saturated carbocycles. The smallest absolute Gasteiger partial charge is 0.181 e. The molecule has 1 nitrogen and oxygen atoms in total. The lowest BCUT2D eigenvalue weighted by molar-refractivity contribution is -0.111. The Balaban J connectivity index is 2.58. The summed E-state index contributed by atoms with van der Waals surface area (Å²) in [6.07, 6.45) is 8.87. The molecule has 0 aromatic heterocycles. The van der Waals surface area contributed by atoms with Gasteiger partial charge in [0.1, 0.15) is 0 Å². The minimum absolute atomic E-state index is 0.102. The SMILES string of the molecule is CCCC/C=C/C(=O)/C(C)=C/c1ccccc1. The van der Waals surface area contributed by atoms with Gasteiger partial charge in [0, 0.05) is 0 Å². The second kappa shape index (κ2) is 7.61. The molecule has 17 heavy (non-hydrogen) atoms. The van der Waals surface area contributed by atoms with Crippen LogP contribution in [0.4, 0.5) is 0 Å². The van der Waals surface area contributed by atoms with Gasteiger partial charge in [0.25, 0.3) is 0 Å². The van der Waals surface area contributed by atoms with E-state index in [2.05, 4.69) is 6.92 Å². The van der Waals surface area contributed by atoms with E-state index in [1.54, 1.807) is 6.08 Å². The van der Waals surface area contributed by atoms with E-state index in [1.165, 1.54) is 0 Å². The fourth-order valence-corrected chi connectivity index (χ4v) is 1.51. The van der Waals surface area contributed by atoms with E-state index in [9.17, 15) is 4.79 Å². The van der Waals surface area contributed by atoms with E-state index in [0.717, 1.165) is 30.4 Å². The first-order valence-corrected chi connectivity index (χ1v) is 6.18. The maximum absolute atomic E-state index is 11.8. The number of carbonyl (C=O) groups is 1. The number of hydrogen-bond acceptors (Lipinski definition) is 1. The van der Waals surface area contributed by atoms with E-state index < -0.39 is 0 Å². The van der Waals surface area contributed by atoms with Gasteiger partial charge in [0.05, 0.1) is 0 Å². The molecule has 0 radical (unpaired) electrons. The highest BCUT2D eigenvalue weighted by molar-refractivity contribution is 6.06. The summed E-state index contributed by atoms with van der Waals surface area (Å²) in [5.74, 6) is 0.102. The zero-order valence-corrected chi connectivity index (χ0v) is 10.6. The number of hydrogen-bond donors (Lipinski definition) is 0. The van der Waals surface area contributed by atoms with Crippen LogP contribution in [0.5, 0.6) is 0 Å². The fraction of sp³-hybridized carbons (Fsp3) is 0.312. The van der Waals surface area contributed by atoms with Crippen molar-refractivity contribution >= 4 is 11.9 Å². The second-order valence-corrected chi connectivity index (χ2v) is 4.15. The Morgan fingerprint density at radius 1 is 1.24 bits per heavy atom. The van der Waals surface area contributed by atoms with E-state index in [4.69, 9.17) is 0 Å². The summed E-state index contributed by atoms with van der Waals surface area (Å²) in [5, 5.41) is 0. The fourth-order valence-electron chi connectivity index (χ4n) is 1.51. The maximum Gasteiger partial charge on any atom is 0.181 e. The molecule has 0 unspecified atom stereocenters. The molecule has 1 rings (SSSR count). The molecule has 1 aromatic carbocycles. The molecule has 0 aliphatic rings. The largest absolute Gasteiger partial charge is 0.290 e.